The Bertz CT molecular complexity index is 905. The molecule has 2 amide bonds. The van der Waals surface area contributed by atoms with Gasteiger partial charge in [0.25, 0.3) is 0 Å². The summed E-state index contributed by atoms with van der Waals surface area (Å²) >= 11 is 2.94. The van der Waals surface area contributed by atoms with Crippen molar-refractivity contribution in [3.63, 3.8) is 0 Å². The van der Waals surface area contributed by atoms with E-state index in [9.17, 15) is 9.59 Å². The summed E-state index contributed by atoms with van der Waals surface area (Å²) < 4.78 is 0. The lowest BCUT2D eigenvalue weighted by molar-refractivity contribution is -0.122. The molecule has 132 valence electrons. The molecule has 26 heavy (non-hydrogen) atoms. The monoisotopic (exact) mass is 383 g/mol. The van der Waals surface area contributed by atoms with Crippen LogP contribution in [0.5, 0.6) is 0 Å². The molecule has 0 spiro atoms. The molecule has 0 unspecified atom stereocenters. The molecule has 1 aliphatic heterocycles. The summed E-state index contributed by atoms with van der Waals surface area (Å²) in [5.74, 6) is -0.654. The number of rotatable bonds is 4. The van der Waals surface area contributed by atoms with E-state index in [0.717, 1.165) is 16.1 Å². The van der Waals surface area contributed by atoms with Crippen molar-refractivity contribution in [2.75, 3.05) is 10.2 Å². The highest BCUT2D eigenvalue weighted by Gasteiger charge is 2.45. The molecule has 3 heterocycles. The Labute approximate surface area is 159 Å². The van der Waals surface area contributed by atoms with Gasteiger partial charge in [0.15, 0.2) is 5.13 Å². The Hall–Kier alpha value is -2.51. The molecule has 0 aliphatic carbocycles. The lowest BCUT2D eigenvalue weighted by Crippen LogP contribution is -2.31. The second-order valence-electron chi connectivity index (χ2n) is 6.20. The van der Waals surface area contributed by atoms with Gasteiger partial charge in [-0.15, -0.1) is 22.7 Å². The fraction of sp³-hybridized carbons (Fsp3) is 0.211. The van der Waals surface area contributed by atoms with E-state index >= 15 is 0 Å². The van der Waals surface area contributed by atoms with Gasteiger partial charge in [-0.3, -0.25) is 9.59 Å². The lowest BCUT2D eigenvalue weighted by atomic mass is 9.97. The quantitative estimate of drug-likeness (QED) is 0.733. The van der Waals surface area contributed by atoms with Gasteiger partial charge in [0.05, 0.1) is 12.0 Å². The standard InChI is InChI=1S/C19H17N3O2S2/c1-12-4-6-13(7-5-12)22-16(23)11-14(17(22)15-3-2-9-25-15)18(24)21-19-20-8-10-26-19/h2-10,14,17H,11H2,1H3,(H,20,21,24)/t14-,17-/m0/s1. The Balaban J connectivity index is 1.69. The maximum atomic E-state index is 12.9. The summed E-state index contributed by atoms with van der Waals surface area (Å²) in [6.45, 7) is 2.01. The van der Waals surface area contributed by atoms with Crippen molar-refractivity contribution >= 4 is 45.3 Å². The zero-order valence-electron chi connectivity index (χ0n) is 14.1. The summed E-state index contributed by atoms with van der Waals surface area (Å²) in [6, 6.07) is 11.5. The molecular weight excluding hydrogens is 366 g/mol. The fourth-order valence-corrected chi connectivity index (χ4v) is 4.66. The van der Waals surface area contributed by atoms with Gasteiger partial charge in [0.1, 0.15) is 0 Å². The maximum Gasteiger partial charge on any atom is 0.232 e. The number of benzene rings is 1. The molecular formula is C19H17N3O2S2. The van der Waals surface area contributed by atoms with E-state index < -0.39 is 5.92 Å². The van der Waals surface area contributed by atoms with Gasteiger partial charge in [0, 0.05) is 28.6 Å². The molecule has 1 aliphatic rings. The number of nitrogens with one attached hydrogen (secondary N) is 1. The minimum atomic E-state index is -0.452. The van der Waals surface area contributed by atoms with Gasteiger partial charge in [-0.25, -0.2) is 4.98 Å². The molecule has 1 fully saturated rings. The van der Waals surface area contributed by atoms with Crippen molar-refractivity contribution in [1.29, 1.82) is 0 Å². The van der Waals surface area contributed by atoms with E-state index in [1.165, 1.54) is 11.3 Å². The second-order valence-corrected chi connectivity index (χ2v) is 8.07. The predicted molar refractivity (Wildman–Crippen MR) is 105 cm³/mol. The molecule has 1 aromatic carbocycles. The predicted octanol–water partition coefficient (Wildman–Crippen LogP) is 4.25. The number of amides is 2. The summed E-state index contributed by atoms with van der Waals surface area (Å²) in [5.41, 5.74) is 1.95. The van der Waals surface area contributed by atoms with Crippen molar-refractivity contribution in [2.24, 2.45) is 5.92 Å². The van der Waals surface area contributed by atoms with Crippen LogP contribution in [0.1, 0.15) is 22.9 Å². The minimum Gasteiger partial charge on any atom is -0.303 e. The zero-order valence-corrected chi connectivity index (χ0v) is 15.7. The van der Waals surface area contributed by atoms with Gasteiger partial charge >= 0.3 is 0 Å². The number of aromatic nitrogens is 1. The minimum absolute atomic E-state index is 0.0356. The van der Waals surface area contributed by atoms with E-state index in [2.05, 4.69) is 10.3 Å². The number of aryl methyl sites for hydroxylation is 1. The molecule has 0 saturated carbocycles. The van der Waals surface area contributed by atoms with Crippen LogP contribution in [0.25, 0.3) is 0 Å². The van der Waals surface area contributed by atoms with Crippen LogP contribution in [0.15, 0.2) is 53.4 Å². The zero-order chi connectivity index (χ0) is 18.1. The maximum absolute atomic E-state index is 12.9. The number of carbonyl (C=O) groups is 2. The largest absolute Gasteiger partial charge is 0.303 e. The van der Waals surface area contributed by atoms with Crippen molar-refractivity contribution in [2.45, 2.75) is 19.4 Å². The smallest absolute Gasteiger partial charge is 0.232 e. The third-order valence-corrected chi connectivity index (χ3v) is 6.10. The molecule has 1 saturated heterocycles. The van der Waals surface area contributed by atoms with Crippen molar-refractivity contribution in [3.05, 3.63) is 63.8 Å². The highest BCUT2D eigenvalue weighted by atomic mass is 32.1. The Kier molecular flexibility index (Phi) is 4.57. The molecule has 0 bridgehead atoms. The number of hydrogen-bond acceptors (Lipinski definition) is 5. The third kappa shape index (κ3) is 3.15. The fourth-order valence-electron chi connectivity index (χ4n) is 3.25. The van der Waals surface area contributed by atoms with E-state index in [4.69, 9.17) is 0 Å². The first kappa shape index (κ1) is 16.9. The topological polar surface area (TPSA) is 62.3 Å². The molecule has 4 rings (SSSR count). The molecule has 0 radical (unpaired) electrons. The average Bonchev–Trinajstić information content (AvgIpc) is 3.36. The van der Waals surface area contributed by atoms with Crippen LogP contribution < -0.4 is 10.2 Å². The summed E-state index contributed by atoms with van der Waals surface area (Å²) in [4.78, 5) is 32.6. The number of thiophene rings is 1. The Morgan fingerprint density at radius 3 is 2.65 bits per heavy atom. The van der Waals surface area contributed by atoms with Crippen LogP contribution in [0.2, 0.25) is 0 Å². The first-order valence-corrected chi connectivity index (χ1v) is 10.0. The summed E-state index contributed by atoms with van der Waals surface area (Å²) in [7, 11) is 0. The van der Waals surface area contributed by atoms with Crippen molar-refractivity contribution in [3.8, 4) is 0 Å². The van der Waals surface area contributed by atoms with E-state index in [0.29, 0.717) is 5.13 Å². The van der Waals surface area contributed by atoms with E-state index in [-0.39, 0.29) is 24.3 Å². The summed E-state index contributed by atoms with van der Waals surface area (Å²) in [5, 5.41) is 7.19. The third-order valence-electron chi connectivity index (χ3n) is 4.47. The van der Waals surface area contributed by atoms with E-state index in [1.807, 2.05) is 54.1 Å². The van der Waals surface area contributed by atoms with Crippen LogP contribution in [0.4, 0.5) is 10.8 Å². The molecule has 2 aromatic heterocycles. The lowest BCUT2D eigenvalue weighted by Gasteiger charge is -2.27. The molecule has 3 aromatic rings. The van der Waals surface area contributed by atoms with Gasteiger partial charge < -0.3 is 10.2 Å². The summed E-state index contributed by atoms with van der Waals surface area (Å²) in [6.07, 6.45) is 1.84. The molecule has 5 nitrogen and oxygen atoms in total. The van der Waals surface area contributed by atoms with E-state index in [1.54, 1.807) is 22.4 Å². The number of nitrogens with zero attached hydrogens (tertiary/aromatic N) is 2. The Morgan fingerprint density at radius 1 is 1.19 bits per heavy atom. The van der Waals surface area contributed by atoms with Crippen LogP contribution in [0.3, 0.4) is 0 Å². The average molecular weight is 383 g/mol. The SMILES string of the molecule is Cc1ccc(N2C(=O)C[C@H](C(=O)Nc3nccs3)[C@H]2c2cccs2)cc1. The van der Waals surface area contributed by atoms with Crippen LogP contribution in [0, 0.1) is 12.8 Å². The number of carbonyl (C=O) groups excluding carboxylic acids is 2. The van der Waals surface area contributed by atoms with Crippen molar-refractivity contribution in [1.82, 2.24) is 4.98 Å². The number of hydrogen-bond donors (Lipinski definition) is 1. The van der Waals surface area contributed by atoms with Gasteiger partial charge in [-0.1, -0.05) is 23.8 Å². The Morgan fingerprint density at radius 2 is 2.00 bits per heavy atom. The number of anilines is 2. The molecule has 1 N–H and O–H groups in total. The highest BCUT2D eigenvalue weighted by molar-refractivity contribution is 7.13. The highest BCUT2D eigenvalue weighted by Crippen LogP contribution is 2.43. The van der Waals surface area contributed by atoms with Gasteiger partial charge in [0.2, 0.25) is 11.8 Å². The molecule has 2 atom stereocenters. The van der Waals surface area contributed by atoms with Crippen LogP contribution in [-0.2, 0) is 9.59 Å². The number of thiazole rings is 1. The van der Waals surface area contributed by atoms with Crippen LogP contribution >= 0.6 is 22.7 Å². The second kappa shape index (κ2) is 7.01. The normalized spacial score (nSPS) is 19.7. The van der Waals surface area contributed by atoms with Gasteiger partial charge in [-0.05, 0) is 30.5 Å². The van der Waals surface area contributed by atoms with Crippen LogP contribution in [-0.4, -0.2) is 16.8 Å². The first-order chi connectivity index (χ1) is 12.6. The molecule has 7 heteroatoms. The first-order valence-electron chi connectivity index (χ1n) is 8.26. The van der Waals surface area contributed by atoms with Gasteiger partial charge in [-0.2, -0.15) is 0 Å². The van der Waals surface area contributed by atoms with Crippen molar-refractivity contribution < 1.29 is 9.59 Å².